The maximum atomic E-state index is 12.7. The maximum absolute atomic E-state index is 12.7. The number of sulfonamides is 1. The van der Waals surface area contributed by atoms with Gasteiger partial charge in [-0.2, -0.15) is 4.31 Å². The third kappa shape index (κ3) is 5.52. The molecular weight excluding hydrogens is 386 g/mol. The second-order valence-electron chi connectivity index (χ2n) is 6.68. The van der Waals surface area contributed by atoms with Crippen molar-refractivity contribution in [3.63, 3.8) is 0 Å². The fourth-order valence-corrected chi connectivity index (χ4v) is 6.09. The minimum absolute atomic E-state index is 0.0326. The van der Waals surface area contributed by atoms with Crippen LogP contribution in [0.3, 0.4) is 0 Å². The summed E-state index contributed by atoms with van der Waals surface area (Å²) in [5, 5.41) is 0. The van der Waals surface area contributed by atoms with Gasteiger partial charge in [0.2, 0.25) is 11.8 Å². The van der Waals surface area contributed by atoms with Crippen molar-refractivity contribution in [3.05, 3.63) is 17.0 Å². The van der Waals surface area contributed by atoms with Crippen LogP contribution in [-0.4, -0.2) is 74.1 Å². The summed E-state index contributed by atoms with van der Waals surface area (Å²) in [6.45, 7) is 6.18. The highest BCUT2D eigenvalue weighted by molar-refractivity contribution is 7.91. The van der Waals surface area contributed by atoms with Crippen LogP contribution in [0.15, 0.2) is 16.3 Å². The SMILES string of the molecule is CCN(CC)C(=O)CN(C)C(=O)Cc1ccc(S(=O)(=O)N2CCCCC2)s1. The Morgan fingerprint density at radius 2 is 1.70 bits per heavy atom. The second-order valence-corrected chi connectivity index (χ2v) is 10.0. The van der Waals surface area contributed by atoms with E-state index >= 15 is 0 Å². The molecule has 152 valence electrons. The molecule has 0 aliphatic carbocycles. The fourth-order valence-electron chi connectivity index (χ4n) is 3.08. The number of rotatable bonds is 8. The zero-order valence-corrected chi connectivity index (χ0v) is 17.9. The molecule has 7 nitrogen and oxygen atoms in total. The summed E-state index contributed by atoms with van der Waals surface area (Å²) in [6.07, 6.45) is 2.94. The molecule has 27 heavy (non-hydrogen) atoms. The third-order valence-electron chi connectivity index (χ3n) is 4.79. The molecular formula is C18H29N3O4S2. The lowest BCUT2D eigenvalue weighted by Gasteiger charge is -2.25. The molecule has 9 heteroatoms. The molecule has 0 N–H and O–H groups in total. The standard InChI is InChI=1S/C18H29N3O4S2/c1-4-20(5-2)17(23)14-19(3)16(22)13-15-9-10-18(26-15)27(24,25)21-11-7-6-8-12-21/h9-10H,4-8,11-14H2,1-3H3. The topological polar surface area (TPSA) is 78.0 Å². The van der Waals surface area contributed by atoms with Crippen LogP contribution in [-0.2, 0) is 26.0 Å². The Labute approximate surface area is 166 Å². The van der Waals surface area contributed by atoms with Crippen LogP contribution in [0.5, 0.6) is 0 Å². The van der Waals surface area contributed by atoms with Gasteiger partial charge in [-0.1, -0.05) is 6.42 Å². The van der Waals surface area contributed by atoms with E-state index in [4.69, 9.17) is 0 Å². The number of nitrogens with zero attached hydrogens (tertiary/aromatic N) is 3. The molecule has 1 aromatic rings. The number of piperidine rings is 1. The minimum atomic E-state index is -3.47. The van der Waals surface area contributed by atoms with Crippen molar-refractivity contribution in [2.24, 2.45) is 0 Å². The molecule has 1 aliphatic heterocycles. The van der Waals surface area contributed by atoms with Crippen molar-refractivity contribution in [1.29, 1.82) is 0 Å². The molecule has 0 atom stereocenters. The van der Waals surface area contributed by atoms with E-state index in [0.29, 0.717) is 31.1 Å². The summed E-state index contributed by atoms with van der Waals surface area (Å²) in [5.41, 5.74) is 0. The van der Waals surface area contributed by atoms with Crippen LogP contribution in [0.4, 0.5) is 0 Å². The molecule has 0 spiro atoms. The van der Waals surface area contributed by atoms with E-state index in [2.05, 4.69) is 0 Å². The number of thiophene rings is 1. The van der Waals surface area contributed by atoms with Gasteiger partial charge in [0.1, 0.15) is 4.21 Å². The first kappa shape index (κ1) is 21.8. The van der Waals surface area contributed by atoms with Crippen molar-refractivity contribution in [3.8, 4) is 0 Å². The van der Waals surface area contributed by atoms with Crippen LogP contribution in [0.2, 0.25) is 0 Å². The molecule has 2 amide bonds. The monoisotopic (exact) mass is 415 g/mol. The molecule has 0 aromatic carbocycles. The predicted octanol–water partition coefficient (Wildman–Crippen LogP) is 1.79. The Kier molecular flexibility index (Phi) is 7.81. The second kappa shape index (κ2) is 9.66. The number of likely N-dealkylation sites (N-methyl/N-ethyl adjacent to an activating group) is 2. The lowest BCUT2D eigenvalue weighted by Crippen LogP contribution is -2.41. The lowest BCUT2D eigenvalue weighted by atomic mass is 10.2. The smallest absolute Gasteiger partial charge is 0.252 e. The number of amides is 2. The van der Waals surface area contributed by atoms with E-state index in [1.807, 2.05) is 13.8 Å². The van der Waals surface area contributed by atoms with Crippen molar-refractivity contribution in [1.82, 2.24) is 14.1 Å². The summed E-state index contributed by atoms with van der Waals surface area (Å²) in [4.78, 5) is 28.3. The van der Waals surface area contributed by atoms with E-state index in [0.717, 1.165) is 30.6 Å². The van der Waals surface area contributed by atoms with E-state index < -0.39 is 10.0 Å². The molecule has 1 fully saturated rings. The molecule has 1 aliphatic rings. The highest BCUT2D eigenvalue weighted by atomic mass is 32.2. The van der Waals surface area contributed by atoms with E-state index in [1.54, 1.807) is 24.1 Å². The van der Waals surface area contributed by atoms with Crippen LogP contribution in [0.1, 0.15) is 38.0 Å². The summed E-state index contributed by atoms with van der Waals surface area (Å²) in [5.74, 6) is -0.283. The first-order chi connectivity index (χ1) is 12.8. The lowest BCUT2D eigenvalue weighted by molar-refractivity contribution is -0.138. The van der Waals surface area contributed by atoms with Crippen molar-refractivity contribution in [2.75, 3.05) is 39.8 Å². The Morgan fingerprint density at radius 3 is 2.30 bits per heavy atom. The molecule has 2 heterocycles. The molecule has 1 saturated heterocycles. The van der Waals surface area contributed by atoms with E-state index in [-0.39, 0.29) is 29.0 Å². The highest BCUT2D eigenvalue weighted by Gasteiger charge is 2.27. The Hall–Kier alpha value is -1.45. The third-order valence-corrected chi connectivity index (χ3v) is 8.24. The summed E-state index contributed by atoms with van der Waals surface area (Å²) in [7, 11) is -1.87. The summed E-state index contributed by atoms with van der Waals surface area (Å²) in [6, 6.07) is 3.28. The predicted molar refractivity (Wildman–Crippen MR) is 106 cm³/mol. The first-order valence-electron chi connectivity index (χ1n) is 9.40. The number of carbonyl (C=O) groups excluding carboxylic acids is 2. The van der Waals surface area contributed by atoms with E-state index in [9.17, 15) is 18.0 Å². The average Bonchev–Trinajstić information content (AvgIpc) is 3.12. The zero-order chi connectivity index (χ0) is 20.0. The van der Waals surface area contributed by atoms with Crippen LogP contribution in [0, 0.1) is 0 Å². The van der Waals surface area contributed by atoms with Gasteiger partial charge >= 0.3 is 0 Å². The van der Waals surface area contributed by atoms with Crippen molar-refractivity contribution in [2.45, 2.75) is 43.7 Å². The van der Waals surface area contributed by atoms with Gasteiger partial charge in [0, 0.05) is 38.1 Å². The van der Waals surface area contributed by atoms with Crippen molar-refractivity contribution >= 4 is 33.2 Å². The van der Waals surface area contributed by atoms with E-state index in [1.165, 1.54) is 9.21 Å². The van der Waals surface area contributed by atoms with Gasteiger partial charge in [0.05, 0.1) is 13.0 Å². The first-order valence-corrected chi connectivity index (χ1v) is 11.7. The maximum Gasteiger partial charge on any atom is 0.252 e. The fraction of sp³-hybridized carbons (Fsp3) is 0.667. The number of hydrogen-bond donors (Lipinski definition) is 0. The zero-order valence-electron chi connectivity index (χ0n) is 16.3. The largest absolute Gasteiger partial charge is 0.342 e. The van der Waals surface area contributed by atoms with Crippen molar-refractivity contribution < 1.29 is 18.0 Å². The highest BCUT2D eigenvalue weighted by Crippen LogP contribution is 2.27. The quantitative estimate of drug-likeness (QED) is 0.649. The normalized spacial score (nSPS) is 15.5. The molecule has 0 saturated carbocycles. The Balaban J connectivity index is 1.98. The minimum Gasteiger partial charge on any atom is -0.342 e. The van der Waals surface area contributed by atoms with Gasteiger partial charge in [-0.3, -0.25) is 9.59 Å². The van der Waals surface area contributed by atoms with Gasteiger partial charge in [-0.25, -0.2) is 8.42 Å². The van der Waals surface area contributed by atoms with Gasteiger partial charge in [0.25, 0.3) is 10.0 Å². The van der Waals surface area contributed by atoms with Gasteiger partial charge in [-0.15, -0.1) is 11.3 Å². The number of carbonyl (C=O) groups is 2. The Morgan fingerprint density at radius 1 is 1.07 bits per heavy atom. The molecule has 1 aromatic heterocycles. The Bertz CT molecular complexity index is 750. The van der Waals surface area contributed by atoms with Crippen LogP contribution >= 0.6 is 11.3 Å². The molecule has 0 radical (unpaired) electrons. The van der Waals surface area contributed by atoms with Gasteiger partial charge in [0.15, 0.2) is 0 Å². The van der Waals surface area contributed by atoms with Crippen LogP contribution in [0.25, 0.3) is 0 Å². The molecule has 2 rings (SSSR count). The average molecular weight is 416 g/mol. The van der Waals surface area contributed by atoms with Gasteiger partial charge < -0.3 is 9.80 Å². The summed E-state index contributed by atoms with van der Waals surface area (Å²) >= 11 is 1.14. The summed E-state index contributed by atoms with van der Waals surface area (Å²) < 4.78 is 27.2. The van der Waals surface area contributed by atoms with Gasteiger partial charge in [-0.05, 0) is 38.8 Å². The number of hydrogen-bond acceptors (Lipinski definition) is 5. The molecule has 0 unspecified atom stereocenters. The molecule has 0 bridgehead atoms. The van der Waals surface area contributed by atoms with Crippen LogP contribution < -0.4 is 0 Å².